The number of carbonyl (C=O) groups excluding carboxylic acids is 4. The third-order valence-corrected chi connectivity index (χ3v) is 4.96. The van der Waals surface area contributed by atoms with Crippen molar-refractivity contribution in [2.24, 2.45) is 0 Å². The van der Waals surface area contributed by atoms with Gasteiger partial charge in [-0.3, -0.25) is 19.7 Å². The van der Waals surface area contributed by atoms with Gasteiger partial charge >= 0.3 is 6.03 Å². The van der Waals surface area contributed by atoms with Crippen LogP contribution < -0.4 is 16.0 Å². The van der Waals surface area contributed by atoms with Crippen molar-refractivity contribution in [3.05, 3.63) is 34.9 Å². The van der Waals surface area contributed by atoms with E-state index >= 15 is 0 Å². The van der Waals surface area contributed by atoms with Gasteiger partial charge in [0.05, 0.1) is 0 Å². The molecule has 5 amide bonds. The average Bonchev–Trinajstić information content (AvgIpc) is 3.36. The van der Waals surface area contributed by atoms with E-state index in [1.165, 1.54) is 4.90 Å². The Bertz CT molecular complexity index is 802. The van der Waals surface area contributed by atoms with Gasteiger partial charge in [0.25, 0.3) is 5.91 Å². The van der Waals surface area contributed by atoms with E-state index in [4.69, 9.17) is 0 Å². The van der Waals surface area contributed by atoms with Crippen molar-refractivity contribution in [3.63, 3.8) is 0 Å². The van der Waals surface area contributed by atoms with Crippen molar-refractivity contribution in [2.75, 3.05) is 0 Å². The second-order valence-corrected chi connectivity index (χ2v) is 6.99. The molecule has 1 unspecified atom stereocenters. The quantitative estimate of drug-likeness (QED) is 0.679. The molecule has 0 bridgehead atoms. The van der Waals surface area contributed by atoms with Crippen LogP contribution in [0.1, 0.15) is 47.2 Å². The van der Waals surface area contributed by atoms with Crippen LogP contribution in [0.5, 0.6) is 0 Å². The third-order valence-electron chi connectivity index (χ3n) is 4.96. The first-order valence-electron chi connectivity index (χ1n) is 8.82. The first kappa shape index (κ1) is 16.6. The van der Waals surface area contributed by atoms with Gasteiger partial charge in [-0.25, -0.2) is 4.79 Å². The number of hydrogen-bond donors (Lipinski definition) is 3. The molecule has 2 aliphatic heterocycles. The van der Waals surface area contributed by atoms with Gasteiger partial charge in [-0.1, -0.05) is 12.1 Å². The van der Waals surface area contributed by atoms with Crippen LogP contribution in [0.4, 0.5) is 4.79 Å². The lowest BCUT2D eigenvalue weighted by Gasteiger charge is -2.29. The van der Waals surface area contributed by atoms with Crippen molar-refractivity contribution in [3.8, 4) is 0 Å². The summed E-state index contributed by atoms with van der Waals surface area (Å²) in [5, 5.41) is 7.92. The number of imide groups is 1. The summed E-state index contributed by atoms with van der Waals surface area (Å²) in [5.74, 6) is -0.923. The summed E-state index contributed by atoms with van der Waals surface area (Å²) in [6.07, 6.45) is 2.63. The minimum absolute atomic E-state index is 0.204. The standard InChI is InChI=1S/C18H20N4O4/c23-15-6-5-14(16(24)21-15)22-9-11-2-1-10(7-13(11)17(22)25)8-19-18(26)20-12-3-4-12/h1-2,7,12,14H,3-6,8-9H2,(H2,19,20,26)(H,21,23,24). The van der Waals surface area contributed by atoms with Gasteiger partial charge in [-0.2, -0.15) is 0 Å². The number of benzene rings is 1. The molecular formula is C18H20N4O4. The number of rotatable bonds is 4. The van der Waals surface area contributed by atoms with Crippen LogP contribution in [0.2, 0.25) is 0 Å². The summed E-state index contributed by atoms with van der Waals surface area (Å²) in [6.45, 7) is 0.688. The number of urea groups is 1. The molecule has 1 saturated carbocycles. The lowest BCUT2D eigenvalue weighted by molar-refractivity contribution is -0.136. The topological polar surface area (TPSA) is 108 Å². The number of hydrogen-bond acceptors (Lipinski definition) is 4. The highest BCUT2D eigenvalue weighted by molar-refractivity contribution is 6.05. The van der Waals surface area contributed by atoms with E-state index in [0.29, 0.717) is 31.1 Å². The van der Waals surface area contributed by atoms with Gasteiger partial charge in [-0.05, 0) is 36.5 Å². The zero-order valence-corrected chi connectivity index (χ0v) is 14.2. The van der Waals surface area contributed by atoms with Crippen LogP contribution in [0, 0.1) is 0 Å². The maximum absolute atomic E-state index is 12.7. The SMILES string of the molecule is O=C1CCC(N2Cc3ccc(CNC(=O)NC4CC4)cc3C2=O)C(=O)N1. The summed E-state index contributed by atoms with van der Waals surface area (Å²) >= 11 is 0. The molecule has 3 aliphatic rings. The molecular weight excluding hydrogens is 336 g/mol. The molecule has 2 fully saturated rings. The highest BCUT2D eigenvalue weighted by Gasteiger charge is 2.39. The molecule has 1 saturated heterocycles. The molecule has 0 aromatic heterocycles. The zero-order chi connectivity index (χ0) is 18.3. The van der Waals surface area contributed by atoms with Crippen LogP contribution in [0.15, 0.2) is 18.2 Å². The van der Waals surface area contributed by atoms with Gasteiger partial charge in [-0.15, -0.1) is 0 Å². The maximum atomic E-state index is 12.7. The molecule has 1 atom stereocenters. The fourth-order valence-corrected chi connectivity index (χ4v) is 3.36. The summed E-state index contributed by atoms with van der Waals surface area (Å²) < 4.78 is 0. The van der Waals surface area contributed by atoms with Crippen LogP contribution >= 0.6 is 0 Å². The van der Waals surface area contributed by atoms with Crippen molar-refractivity contribution in [1.82, 2.24) is 20.9 Å². The van der Waals surface area contributed by atoms with Gasteiger partial charge in [0.2, 0.25) is 11.8 Å². The Balaban J connectivity index is 1.42. The number of fused-ring (bicyclic) bond motifs is 1. The van der Waals surface area contributed by atoms with Gasteiger partial charge in [0.15, 0.2) is 0 Å². The molecule has 1 aromatic carbocycles. The molecule has 1 aromatic rings. The summed E-state index contributed by atoms with van der Waals surface area (Å²) in [5.41, 5.74) is 2.23. The van der Waals surface area contributed by atoms with Gasteiger partial charge in [0.1, 0.15) is 6.04 Å². The molecule has 0 radical (unpaired) electrons. The van der Waals surface area contributed by atoms with Crippen molar-refractivity contribution >= 4 is 23.8 Å². The maximum Gasteiger partial charge on any atom is 0.315 e. The largest absolute Gasteiger partial charge is 0.335 e. The number of nitrogens with zero attached hydrogens (tertiary/aromatic N) is 1. The van der Waals surface area contributed by atoms with Crippen molar-refractivity contribution in [1.29, 1.82) is 0 Å². The number of piperidine rings is 1. The van der Waals surface area contributed by atoms with Crippen molar-refractivity contribution in [2.45, 2.75) is 50.9 Å². The van der Waals surface area contributed by atoms with Crippen LogP contribution in [0.25, 0.3) is 0 Å². The fourth-order valence-electron chi connectivity index (χ4n) is 3.36. The first-order chi connectivity index (χ1) is 12.5. The highest BCUT2D eigenvalue weighted by atomic mass is 16.2. The van der Waals surface area contributed by atoms with Gasteiger partial charge < -0.3 is 15.5 Å². The Morgan fingerprint density at radius 1 is 1.19 bits per heavy atom. The minimum atomic E-state index is -0.613. The monoisotopic (exact) mass is 356 g/mol. The Kier molecular flexibility index (Phi) is 4.10. The molecule has 0 spiro atoms. The Hall–Kier alpha value is -2.90. The second-order valence-electron chi connectivity index (χ2n) is 6.99. The normalized spacial score (nSPS) is 22.1. The van der Waals surface area contributed by atoms with E-state index in [9.17, 15) is 19.2 Å². The second kappa shape index (κ2) is 6.44. The van der Waals surface area contributed by atoms with Crippen LogP contribution in [-0.4, -0.2) is 40.7 Å². The predicted octanol–water partition coefficient (Wildman–Crippen LogP) is 0.409. The van der Waals surface area contributed by atoms with Crippen LogP contribution in [-0.2, 0) is 22.7 Å². The van der Waals surface area contributed by atoms with E-state index in [-0.39, 0.29) is 24.3 Å². The smallest absolute Gasteiger partial charge is 0.315 e. The van der Waals surface area contributed by atoms with E-state index in [1.807, 2.05) is 12.1 Å². The van der Waals surface area contributed by atoms with E-state index in [1.54, 1.807) is 6.07 Å². The number of amides is 5. The lowest BCUT2D eigenvalue weighted by atomic mass is 10.0. The summed E-state index contributed by atoms with van der Waals surface area (Å²) in [6, 6.07) is 4.97. The Labute approximate surface area is 150 Å². The lowest BCUT2D eigenvalue weighted by Crippen LogP contribution is -2.52. The minimum Gasteiger partial charge on any atom is -0.335 e. The first-order valence-corrected chi connectivity index (χ1v) is 8.82. The molecule has 8 nitrogen and oxygen atoms in total. The van der Waals surface area contributed by atoms with Crippen LogP contribution in [0.3, 0.4) is 0 Å². The Morgan fingerprint density at radius 2 is 2.00 bits per heavy atom. The molecule has 4 rings (SSSR count). The zero-order valence-electron chi connectivity index (χ0n) is 14.2. The summed E-state index contributed by atoms with van der Waals surface area (Å²) in [4.78, 5) is 49.3. The molecule has 2 heterocycles. The number of nitrogens with one attached hydrogen (secondary N) is 3. The molecule has 3 N–H and O–H groups in total. The van der Waals surface area contributed by atoms with Gasteiger partial charge in [0, 0.05) is 31.1 Å². The summed E-state index contributed by atoms with van der Waals surface area (Å²) in [7, 11) is 0. The highest BCUT2D eigenvalue weighted by Crippen LogP contribution is 2.28. The van der Waals surface area contributed by atoms with E-state index < -0.39 is 11.9 Å². The molecule has 26 heavy (non-hydrogen) atoms. The van der Waals surface area contributed by atoms with E-state index in [0.717, 1.165) is 24.0 Å². The predicted molar refractivity (Wildman–Crippen MR) is 90.9 cm³/mol. The average molecular weight is 356 g/mol. The van der Waals surface area contributed by atoms with Crippen molar-refractivity contribution < 1.29 is 19.2 Å². The molecule has 1 aliphatic carbocycles. The Morgan fingerprint density at radius 3 is 2.73 bits per heavy atom. The fraction of sp³-hybridized carbons (Fsp3) is 0.444. The third kappa shape index (κ3) is 3.26. The molecule has 136 valence electrons. The molecule has 8 heteroatoms. The van der Waals surface area contributed by atoms with E-state index in [2.05, 4.69) is 16.0 Å². The number of carbonyl (C=O) groups is 4.